The number of hydrogen-bond acceptors (Lipinski definition) is 7. The lowest BCUT2D eigenvalue weighted by molar-refractivity contribution is 0.151. The standard InChI is InChI=1S/C27H40F2N8O/c1-32-15-18(14-30)20-12-17-4-3-10-37(24(17)13-21(20)25(28)29)26(31)22-16-36(27(38)33-2)11-7-23(22)35-19-5-8-34-9-6-19/h12-15,19,25-26,34-35H,3-11,16,30-31H2,1-2H3,(H,33,38). The van der Waals surface area contributed by atoms with Crippen LogP contribution in [0.25, 0.3) is 5.57 Å². The highest BCUT2D eigenvalue weighted by molar-refractivity contribution is 6.10. The van der Waals surface area contributed by atoms with Crippen LogP contribution in [-0.2, 0) is 6.42 Å². The Morgan fingerprint density at radius 1 is 1.24 bits per heavy atom. The van der Waals surface area contributed by atoms with Gasteiger partial charge in [0, 0.05) is 86.7 Å². The van der Waals surface area contributed by atoms with Gasteiger partial charge in [0.05, 0.1) is 0 Å². The monoisotopic (exact) mass is 530 g/mol. The number of piperidine rings is 1. The number of aliphatic imine (C=N–C) groups is 1. The normalized spacial score (nSPS) is 20.2. The Morgan fingerprint density at radius 2 is 2.00 bits per heavy atom. The lowest BCUT2D eigenvalue weighted by Gasteiger charge is -2.42. The van der Waals surface area contributed by atoms with Crippen molar-refractivity contribution in [3.05, 3.63) is 46.3 Å². The summed E-state index contributed by atoms with van der Waals surface area (Å²) in [5.74, 6) is 0. The number of aryl methyl sites for hydroxylation is 1. The third-order valence-corrected chi connectivity index (χ3v) is 7.69. The van der Waals surface area contributed by atoms with Crippen LogP contribution in [0.1, 0.15) is 48.8 Å². The second kappa shape index (κ2) is 12.6. The number of alkyl halides is 2. The maximum atomic E-state index is 14.3. The van der Waals surface area contributed by atoms with Crippen molar-refractivity contribution >= 4 is 23.5 Å². The van der Waals surface area contributed by atoms with Crippen LogP contribution in [0.4, 0.5) is 19.3 Å². The second-order valence-electron chi connectivity index (χ2n) is 10.0. The van der Waals surface area contributed by atoms with E-state index in [1.54, 1.807) is 31.1 Å². The Balaban J connectivity index is 1.72. The quantitative estimate of drug-likeness (QED) is 0.345. The molecule has 0 spiro atoms. The SMILES string of the molecule is CN=CC(=CN)c1cc2c(cc1C(F)F)N(C(N)C1=C(NC3CCNCC3)CCN(C(=O)NC)C1)CCC2. The molecule has 0 aromatic heterocycles. The van der Waals surface area contributed by atoms with Crippen molar-refractivity contribution in [2.45, 2.75) is 50.7 Å². The molecule has 7 N–H and O–H groups in total. The van der Waals surface area contributed by atoms with Gasteiger partial charge in [-0.25, -0.2) is 13.6 Å². The van der Waals surface area contributed by atoms with E-state index in [0.717, 1.165) is 55.6 Å². The predicted molar refractivity (Wildman–Crippen MR) is 148 cm³/mol. The molecule has 3 aliphatic heterocycles. The van der Waals surface area contributed by atoms with E-state index in [1.165, 1.54) is 12.4 Å². The topological polar surface area (TPSA) is 124 Å². The maximum absolute atomic E-state index is 14.3. The molecule has 11 heteroatoms. The van der Waals surface area contributed by atoms with Crippen LogP contribution in [0.2, 0.25) is 0 Å². The first-order valence-electron chi connectivity index (χ1n) is 13.3. The molecule has 1 aromatic rings. The number of fused-ring (bicyclic) bond motifs is 1. The lowest BCUT2D eigenvalue weighted by atomic mass is 9.91. The minimum absolute atomic E-state index is 0.0999. The summed E-state index contributed by atoms with van der Waals surface area (Å²) in [6, 6.07) is 3.54. The van der Waals surface area contributed by atoms with E-state index in [4.69, 9.17) is 11.5 Å². The maximum Gasteiger partial charge on any atom is 0.317 e. The predicted octanol–water partition coefficient (Wildman–Crippen LogP) is 2.30. The molecule has 2 amide bonds. The van der Waals surface area contributed by atoms with E-state index < -0.39 is 12.6 Å². The van der Waals surface area contributed by atoms with E-state index in [0.29, 0.717) is 48.9 Å². The van der Waals surface area contributed by atoms with E-state index in [1.807, 2.05) is 4.90 Å². The summed E-state index contributed by atoms with van der Waals surface area (Å²) in [5.41, 5.74) is 17.1. The Morgan fingerprint density at radius 3 is 2.66 bits per heavy atom. The van der Waals surface area contributed by atoms with E-state index in [-0.39, 0.29) is 11.6 Å². The van der Waals surface area contributed by atoms with Gasteiger partial charge in [0.2, 0.25) is 0 Å². The molecule has 0 saturated carbocycles. The lowest BCUT2D eigenvalue weighted by Crippen LogP contribution is -2.53. The molecule has 9 nitrogen and oxygen atoms in total. The number of benzene rings is 1. The number of anilines is 1. The third-order valence-electron chi connectivity index (χ3n) is 7.69. The molecular weight excluding hydrogens is 490 g/mol. The molecule has 0 bridgehead atoms. The molecule has 1 fully saturated rings. The molecule has 4 rings (SSSR count). The fourth-order valence-electron chi connectivity index (χ4n) is 5.69. The first-order valence-corrected chi connectivity index (χ1v) is 13.3. The van der Waals surface area contributed by atoms with Crippen molar-refractivity contribution in [1.29, 1.82) is 0 Å². The van der Waals surface area contributed by atoms with Gasteiger partial charge >= 0.3 is 6.03 Å². The number of nitrogens with two attached hydrogens (primary N) is 2. The molecule has 0 radical (unpaired) electrons. The number of hydrogen-bond donors (Lipinski definition) is 5. The third kappa shape index (κ3) is 5.94. The number of carbonyl (C=O) groups excluding carboxylic acids is 1. The molecule has 1 atom stereocenters. The number of allylic oxidation sites excluding steroid dienone is 1. The zero-order chi connectivity index (χ0) is 27.2. The molecule has 3 heterocycles. The average Bonchev–Trinajstić information content (AvgIpc) is 2.94. The van der Waals surface area contributed by atoms with Gasteiger partial charge < -0.3 is 37.2 Å². The van der Waals surface area contributed by atoms with Crippen molar-refractivity contribution in [3.63, 3.8) is 0 Å². The minimum atomic E-state index is -2.69. The van der Waals surface area contributed by atoms with Crippen LogP contribution < -0.4 is 32.3 Å². The largest absolute Gasteiger partial charge is 0.404 e. The molecule has 1 unspecified atom stereocenters. The number of urea groups is 1. The Bertz CT molecular complexity index is 1100. The molecule has 1 saturated heterocycles. The number of nitrogens with zero attached hydrogens (tertiary/aromatic N) is 3. The molecule has 3 aliphatic rings. The van der Waals surface area contributed by atoms with Gasteiger partial charge in [0.15, 0.2) is 0 Å². The zero-order valence-corrected chi connectivity index (χ0v) is 22.3. The van der Waals surface area contributed by atoms with Crippen molar-refractivity contribution in [1.82, 2.24) is 20.9 Å². The van der Waals surface area contributed by atoms with E-state index >= 15 is 0 Å². The van der Waals surface area contributed by atoms with E-state index in [9.17, 15) is 13.6 Å². The van der Waals surface area contributed by atoms with Gasteiger partial charge in [-0.3, -0.25) is 4.99 Å². The summed E-state index contributed by atoms with van der Waals surface area (Å²) in [4.78, 5) is 20.3. The van der Waals surface area contributed by atoms with Crippen LogP contribution in [0.15, 0.2) is 34.6 Å². The Labute approximate surface area is 223 Å². The van der Waals surface area contributed by atoms with Crippen LogP contribution >= 0.6 is 0 Å². The van der Waals surface area contributed by atoms with Gasteiger partial charge in [-0.1, -0.05) is 0 Å². The Kier molecular flexibility index (Phi) is 9.22. The molecule has 208 valence electrons. The first-order chi connectivity index (χ1) is 18.4. The van der Waals surface area contributed by atoms with E-state index in [2.05, 4.69) is 20.9 Å². The van der Waals surface area contributed by atoms with Crippen LogP contribution in [0.3, 0.4) is 0 Å². The van der Waals surface area contributed by atoms with Crippen LogP contribution in [0, 0.1) is 0 Å². The highest BCUT2D eigenvalue weighted by Gasteiger charge is 2.33. The van der Waals surface area contributed by atoms with Gasteiger partial charge in [0.1, 0.15) is 6.17 Å². The summed E-state index contributed by atoms with van der Waals surface area (Å²) < 4.78 is 28.6. The fraction of sp³-hybridized carbons (Fsp3) is 0.556. The summed E-state index contributed by atoms with van der Waals surface area (Å²) in [6.07, 6.45) is 3.83. The number of amides is 2. The van der Waals surface area contributed by atoms with Gasteiger partial charge in [-0.2, -0.15) is 0 Å². The van der Waals surface area contributed by atoms with Gasteiger partial charge in [0.25, 0.3) is 6.43 Å². The first kappa shape index (κ1) is 27.8. The minimum Gasteiger partial charge on any atom is -0.404 e. The van der Waals surface area contributed by atoms with Gasteiger partial charge in [-0.05, 0) is 62.0 Å². The van der Waals surface area contributed by atoms with Crippen molar-refractivity contribution in [3.8, 4) is 0 Å². The van der Waals surface area contributed by atoms with Crippen LogP contribution in [-0.4, -0.2) is 76.2 Å². The fourth-order valence-corrected chi connectivity index (χ4v) is 5.69. The van der Waals surface area contributed by atoms with Gasteiger partial charge in [-0.15, -0.1) is 0 Å². The summed E-state index contributed by atoms with van der Waals surface area (Å²) in [6.45, 7) is 3.52. The molecular formula is C27H40F2N8O. The second-order valence-corrected chi connectivity index (χ2v) is 10.0. The number of rotatable bonds is 7. The summed E-state index contributed by atoms with van der Waals surface area (Å²) >= 11 is 0. The summed E-state index contributed by atoms with van der Waals surface area (Å²) in [5, 5.41) is 9.82. The Hall–Kier alpha value is -3.18. The highest BCUT2D eigenvalue weighted by Crippen LogP contribution is 2.38. The smallest absolute Gasteiger partial charge is 0.317 e. The zero-order valence-electron chi connectivity index (χ0n) is 22.3. The molecule has 38 heavy (non-hydrogen) atoms. The molecule has 1 aromatic carbocycles. The van der Waals surface area contributed by atoms with Crippen molar-refractivity contribution in [2.24, 2.45) is 16.5 Å². The number of carbonyl (C=O) groups is 1. The van der Waals surface area contributed by atoms with Crippen molar-refractivity contribution < 1.29 is 13.6 Å². The van der Waals surface area contributed by atoms with Crippen LogP contribution in [0.5, 0.6) is 0 Å². The summed E-state index contributed by atoms with van der Waals surface area (Å²) in [7, 11) is 3.20. The average molecular weight is 531 g/mol. The molecule has 0 aliphatic carbocycles. The highest BCUT2D eigenvalue weighted by atomic mass is 19.3. The number of nitrogens with one attached hydrogen (secondary N) is 3. The van der Waals surface area contributed by atoms with Crippen molar-refractivity contribution in [2.75, 3.05) is 51.7 Å². The number of halogens is 2.